The first-order chi connectivity index (χ1) is 14.1. The first kappa shape index (κ1) is 22.4. The fourth-order valence-electron chi connectivity index (χ4n) is 2.45. The van der Waals surface area contributed by atoms with Gasteiger partial charge in [-0.05, 0) is 49.2 Å². The Balaban J connectivity index is 1.61. The maximum Gasteiger partial charge on any atom is 0.418 e. The minimum atomic E-state index is -4.63. The molecule has 2 N–H and O–H groups in total. The van der Waals surface area contributed by atoms with E-state index in [2.05, 4.69) is 20.8 Å². The molecule has 0 aliphatic heterocycles. The van der Waals surface area contributed by atoms with E-state index in [9.17, 15) is 18.0 Å². The summed E-state index contributed by atoms with van der Waals surface area (Å²) in [6, 6.07) is 9.23. The van der Waals surface area contributed by atoms with E-state index in [1.807, 2.05) is 32.0 Å². The summed E-state index contributed by atoms with van der Waals surface area (Å²) in [6.45, 7) is 4.02. The molecule has 0 bridgehead atoms. The van der Waals surface area contributed by atoms with Crippen LogP contribution in [0.15, 0.2) is 40.7 Å². The third kappa shape index (κ3) is 5.65. The summed E-state index contributed by atoms with van der Waals surface area (Å²) in [5.74, 6) is -0.765. The summed E-state index contributed by atoms with van der Waals surface area (Å²) >= 11 is 8.16. The van der Waals surface area contributed by atoms with E-state index in [-0.39, 0.29) is 10.8 Å². The summed E-state index contributed by atoms with van der Waals surface area (Å²) in [7, 11) is 0. The van der Waals surface area contributed by atoms with Gasteiger partial charge in [-0.1, -0.05) is 46.8 Å². The van der Waals surface area contributed by atoms with Crippen molar-refractivity contribution in [2.24, 2.45) is 0 Å². The number of amides is 1. The number of para-hydroxylation sites is 1. The molecule has 1 heterocycles. The molecular weight excluding hydrogens is 457 g/mol. The molecule has 0 aliphatic rings. The lowest BCUT2D eigenvalue weighted by Gasteiger charge is -2.14. The standard InChI is InChI=1S/C19H16ClF3N4OS2/c1-10-6-7-12(8-11(10)2)24-17-26-27-18(30-17)29-9-15(28)25-16-13(19(21,22)23)4-3-5-14(16)20/h3-8H,9H2,1-2H3,(H,24,26)(H,25,28). The molecule has 2 aromatic carbocycles. The number of aromatic nitrogens is 2. The quantitative estimate of drug-likeness (QED) is 0.412. The van der Waals surface area contributed by atoms with Crippen molar-refractivity contribution < 1.29 is 18.0 Å². The Morgan fingerprint density at radius 3 is 2.63 bits per heavy atom. The summed E-state index contributed by atoms with van der Waals surface area (Å²) in [5, 5.41) is 13.8. The number of nitrogens with one attached hydrogen (secondary N) is 2. The van der Waals surface area contributed by atoms with Crippen LogP contribution in [0.4, 0.5) is 29.7 Å². The average molecular weight is 473 g/mol. The number of thioether (sulfide) groups is 1. The molecule has 158 valence electrons. The molecule has 1 amide bonds. The van der Waals surface area contributed by atoms with Crippen molar-refractivity contribution >= 4 is 57.1 Å². The van der Waals surface area contributed by atoms with E-state index in [0.29, 0.717) is 9.47 Å². The highest BCUT2D eigenvalue weighted by atomic mass is 35.5. The van der Waals surface area contributed by atoms with E-state index < -0.39 is 23.3 Å². The number of hydrogen-bond acceptors (Lipinski definition) is 6. The van der Waals surface area contributed by atoms with Gasteiger partial charge in [-0.2, -0.15) is 13.2 Å². The van der Waals surface area contributed by atoms with Crippen molar-refractivity contribution in [3.8, 4) is 0 Å². The number of halogens is 4. The maximum atomic E-state index is 13.1. The molecule has 3 rings (SSSR count). The Morgan fingerprint density at radius 1 is 1.17 bits per heavy atom. The van der Waals surface area contributed by atoms with Crippen LogP contribution in [-0.2, 0) is 11.0 Å². The molecule has 0 saturated carbocycles. The fourth-order valence-corrected chi connectivity index (χ4v) is 4.25. The average Bonchev–Trinajstić information content (AvgIpc) is 3.11. The van der Waals surface area contributed by atoms with Crippen LogP contribution in [0.25, 0.3) is 0 Å². The number of rotatable bonds is 6. The van der Waals surface area contributed by atoms with Crippen molar-refractivity contribution in [1.82, 2.24) is 10.2 Å². The molecule has 0 unspecified atom stereocenters. The number of hydrogen-bond donors (Lipinski definition) is 2. The molecule has 5 nitrogen and oxygen atoms in total. The van der Waals surface area contributed by atoms with Gasteiger partial charge in [0.25, 0.3) is 0 Å². The lowest BCUT2D eigenvalue weighted by Crippen LogP contribution is -2.18. The Bertz CT molecular complexity index is 1070. The lowest BCUT2D eigenvalue weighted by atomic mass is 10.1. The van der Waals surface area contributed by atoms with Crippen LogP contribution in [-0.4, -0.2) is 21.9 Å². The van der Waals surface area contributed by atoms with Gasteiger partial charge in [-0.15, -0.1) is 10.2 Å². The molecule has 0 fully saturated rings. The van der Waals surface area contributed by atoms with Gasteiger partial charge in [0.05, 0.1) is 22.0 Å². The van der Waals surface area contributed by atoms with Gasteiger partial charge in [-0.3, -0.25) is 4.79 Å². The van der Waals surface area contributed by atoms with Crippen LogP contribution in [0.1, 0.15) is 16.7 Å². The Hall–Kier alpha value is -2.30. The van der Waals surface area contributed by atoms with Crippen LogP contribution in [0, 0.1) is 13.8 Å². The van der Waals surface area contributed by atoms with Crippen molar-refractivity contribution in [3.05, 3.63) is 58.1 Å². The zero-order valence-electron chi connectivity index (χ0n) is 15.8. The Labute approximate surface area is 184 Å². The zero-order chi connectivity index (χ0) is 21.9. The third-order valence-corrected chi connectivity index (χ3v) is 6.36. The third-order valence-electron chi connectivity index (χ3n) is 4.07. The number of alkyl halides is 3. The molecular formula is C19H16ClF3N4OS2. The summed E-state index contributed by atoms with van der Waals surface area (Å²) < 4.78 is 39.9. The van der Waals surface area contributed by atoms with E-state index >= 15 is 0 Å². The highest BCUT2D eigenvalue weighted by Gasteiger charge is 2.34. The number of carbonyl (C=O) groups is 1. The predicted octanol–water partition coefficient (Wildman–Crippen LogP) is 6.30. The second-order valence-electron chi connectivity index (χ2n) is 6.29. The second kappa shape index (κ2) is 9.23. The van der Waals surface area contributed by atoms with Gasteiger partial charge in [0.15, 0.2) is 4.34 Å². The molecule has 30 heavy (non-hydrogen) atoms. The van der Waals surface area contributed by atoms with Crippen LogP contribution in [0.2, 0.25) is 5.02 Å². The minimum Gasteiger partial charge on any atom is -0.330 e. The number of aryl methyl sites for hydroxylation is 2. The Kier molecular flexibility index (Phi) is 6.89. The first-order valence-electron chi connectivity index (χ1n) is 8.59. The highest BCUT2D eigenvalue weighted by molar-refractivity contribution is 8.01. The van der Waals surface area contributed by atoms with Crippen molar-refractivity contribution in [3.63, 3.8) is 0 Å². The highest BCUT2D eigenvalue weighted by Crippen LogP contribution is 2.38. The van der Waals surface area contributed by atoms with Crippen molar-refractivity contribution in [2.45, 2.75) is 24.4 Å². The monoisotopic (exact) mass is 472 g/mol. The van der Waals surface area contributed by atoms with Crippen molar-refractivity contribution in [2.75, 3.05) is 16.4 Å². The van der Waals surface area contributed by atoms with Crippen LogP contribution in [0.3, 0.4) is 0 Å². The number of benzene rings is 2. The zero-order valence-corrected chi connectivity index (χ0v) is 18.2. The molecule has 1 aromatic heterocycles. The van der Waals surface area contributed by atoms with Gasteiger partial charge < -0.3 is 10.6 Å². The van der Waals surface area contributed by atoms with Crippen LogP contribution in [0.5, 0.6) is 0 Å². The van der Waals surface area contributed by atoms with E-state index in [4.69, 9.17) is 11.6 Å². The summed E-state index contributed by atoms with van der Waals surface area (Å²) in [5.41, 5.74) is 1.72. The molecule has 0 spiro atoms. The van der Waals surface area contributed by atoms with E-state index in [1.165, 1.54) is 29.0 Å². The van der Waals surface area contributed by atoms with Crippen LogP contribution < -0.4 is 10.6 Å². The van der Waals surface area contributed by atoms with E-state index in [0.717, 1.165) is 29.1 Å². The summed E-state index contributed by atoms with van der Waals surface area (Å²) in [6.07, 6.45) is -4.63. The number of carbonyl (C=O) groups excluding carboxylic acids is 1. The molecule has 0 radical (unpaired) electrons. The smallest absolute Gasteiger partial charge is 0.330 e. The van der Waals surface area contributed by atoms with Crippen molar-refractivity contribution in [1.29, 1.82) is 0 Å². The molecule has 3 aromatic rings. The molecule has 0 saturated heterocycles. The van der Waals surface area contributed by atoms with Crippen LogP contribution >= 0.6 is 34.7 Å². The second-order valence-corrected chi connectivity index (χ2v) is 8.90. The molecule has 0 atom stereocenters. The number of anilines is 3. The maximum absolute atomic E-state index is 13.1. The fraction of sp³-hybridized carbons (Fsp3) is 0.211. The van der Waals surface area contributed by atoms with E-state index in [1.54, 1.807) is 0 Å². The topological polar surface area (TPSA) is 66.9 Å². The van der Waals surface area contributed by atoms with Gasteiger partial charge in [0.2, 0.25) is 11.0 Å². The lowest BCUT2D eigenvalue weighted by molar-refractivity contribution is -0.137. The van der Waals surface area contributed by atoms with Gasteiger partial charge in [0.1, 0.15) is 0 Å². The minimum absolute atomic E-state index is 0.138. The van der Waals surface area contributed by atoms with Gasteiger partial charge >= 0.3 is 6.18 Å². The predicted molar refractivity (Wildman–Crippen MR) is 115 cm³/mol. The van der Waals surface area contributed by atoms with Gasteiger partial charge in [0, 0.05) is 5.69 Å². The largest absolute Gasteiger partial charge is 0.418 e. The SMILES string of the molecule is Cc1ccc(Nc2nnc(SCC(=O)Nc3c(Cl)cccc3C(F)(F)F)s2)cc1C. The van der Waals surface area contributed by atoms with Gasteiger partial charge in [-0.25, -0.2) is 0 Å². The first-order valence-corrected chi connectivity index (χ1v) is 10.8. The normalized spacial score (nSPS) is 11.4. The molecule has 11 heteroatoms. The molecule has 0 aliphatic carbocycles. The number of nitrogens with zero attached hydrogens (tertiary/aromatic N) is 2. The summed E-state index contributed by atoms with van der Waals surface area (Å²) in [4.78, 5) is 12.2. The Morgan fingerprint density at radius 2 is 1.93 bits per heavy atom.